The highest BCUT2D eigenvalue weighted by molar-refractivity contribution is 7.47. The van der Waals surface area contributed by atoms with Crippen molar-refractivity contribution in [1.29, 1.82) is 0 Å². The Morgan fingerprint density at radius 3 is 1.36 bits per heavy atom. The van der Waals surface area contributed by atoms with Gasteiger partial charge in [0.2, 0.25) is 0 Å². The van der Waals surface area contributed by atoms with Crippen molar-refractivity contribution in [3.63, 3.8) is 0 Å². The summed E-state index contributed by atoms with van der Waals surface area (Å²) in [6, 6.07) is -1.48. The topological polar surface area (TPSA) is 155 Å². The number of allylic oxidation sites excluding steroid dienone is 8. The highest BCUT2D eigenvalue weighted by atomic mass is 31.2. The maximum absolute atomic E-state index is 12.7. The third-order valence-corrected chi connectivity index (χ3v) is 11.5. The normalized spacial score (nSPS) is 14.2. The van der Waals surface area contributed by atoms with E-state index in [9.17, 15) is 19.0 Å². The summed E-state index contributed by atoms with van der Waals surface area (Å²) in [7, 11) is -4.62. The Kier molecular flexibility index (Phi) is 44.4. The number of phosphoric ester groups is 1. The zero-order valence-electron chi connectivity index (χ0n) is 39.0. The number of carbonyl (C=O) groups excluding carboxylic acids is 1. The maximum atomic E-state index is 12.7. The van der Waals surface area contributed by atoms with Gasteiger partial charge in [0.05, 0.1) is 19.8 Å². The van der Waals surface area contributed by atoms with E-state index >= 15 is 0 Å². The predicted molar refractivity (Wildman–Crippen MR) is 254 cm³/mol. The molecule has 0 heterocycles. The first-order valence-electron chi connectivity index (χ1n) is 24.7. The van der Waals surface area contributed by atoms with E-state index in [2.05, 4.69) is 62.5 Å². The molecule has 61 heavy (non-hydrogen) atoms. The van der Waals surface area contributed by atoms with Gasteiger partial charge in [-0.15, -0.1) is 0 Å². The quantitative estimate of drug-likeness (QED) is 0.0233. The molecule has 0 saturated carbocycles. The fourth-order valence-electron chi connectivity index (χ4n) is 6.72. The smallest absolute Gasteiger partial charge is 0.472 e. The molecule has 0 aliphatic carbocycles. The van der Waals surface area contributed by atoms with Crippen LogP contribution in [0.25, 0.3) is 0 Å². The van der Waals surface area contributed by atoms with Gasteiger partial charge in [-0.25, -0.2) is 4.57 Å². The van der Waals surface area contributed by atoms with Gasteiger partial charge in [0.25, 0.3) is 0 Å². The molecule has 0 rings (SSSR count). The van der Waals surface area contributed by atoms with Crippen LogP contribution in [0, 0.1) is 0 Å². The van der Waals surface area contributed by atoms with Crippen LogP contribution in [0.4, 0.5) is 0 Å². The fraction of sp³-hybridized carbons (Fsp3) is 0.800. The maximum Gasteiger partial charge on any atom is 0.472 e. The largest absolute Gasteiger partial charge is 0.480 e. The van der Waals surface area contributed by atoms with Crippen LogP contribution < -0.4 is 5.73 Å². The molecule has 10 nitrogen and oxygen atoms in total. The Balaban J connectivity index is 4.16. The van der Waals surface area contributed by atoms with E-state index in [1.165, 1.54) is 135 Å². The second kappa shape index (κ2) is 45.9. The summed E-state index contributed by atoms with van der Waals surface area (Å²) in [6.45, 7) is 3.84. The van der Waals surface area contributed by atoms with Crippen LogP contribution in [0.3, 0.4) is 0 Å². The average molecular weight is 882 g/mol. The van der Waals surface area contributed by atoms with Crippen LogP contribution in [0.1, 0.15) is 219 Å². The van der Waals surface area contributed by atoms with Crippen LogP contribution in [-0.2, 0) is 32.7 Å². The highest BCUT2D eigenvalue weighted by Crippen LogP contribution is 2.43. The molecule has 0 bridgehead atoms. The van der Waals surface area contributed by atoms with E-state index in [0.717, 1.165) is 57.8 Å². The second-order valence-corrected chi connectivity index (χ2v) is 18.0. The number of unbranched alkanes of at least 4 members (excludes halogenated alkanes) is 25. The number of carboxylic acids is 1. The third kappa shape index (κ3) is 45.8. The van der Waals surface area contributed by atoms with E-state index in [1.807, 2.05) is 0 Å². The lowest BCUT2D eigenvalue weighted by Gasteiger charge is -2.20. The minimum atomic E-state index is -4.62. The van der Waals surface area contributed by atoms with Gasteiger partial charge in [0, 0.05) is 13.0 Å². The van der Waals surface area contributed by atoms with Crippen LogP contribution in [0.15, 0.2) is 48.6 Å². The summed E-state index contributed by atoms with van der Waals surface area (Å²) >= 11 is 0. The Hall–Kier alpha value is -2.07. The van der Waals surface area contributed by atoms with Crippen LogP contribution in [-0.4, -0.2) is 60.5 Å². The third-order valence-electron chi connectivity index (χ3n) is 10.6. The molecule has 0 aromatic heterocycles. The molecule has 0 aliphatic rings. The number of rotatable bonds is 47. The van der Waals surface area contributed by atoms with Crippen LogP contribution in [0.2, 0.25) is 0 Å². The standard InChI is InChI=1S/C50H92NO9P/c1-3-5-7-9-11-13-15-17-19-21-22-23-24-25-26-27-28-30-32-34-36-38-40-42-49(52)60-47(45-58-61(55,56)59-46-48(51)50(53)54)44-57-43-41-39-37-35-33-31-29-20-18-16-14-12-10-8-6-4-2/h12,14-15,17-18,20-22,47-48H,3-11,13,16,19,23-46,51H2,1-2H3,(H,53,54)(H,55,56)/b14-12-,17-15-,20-18-,22-21-. The predicted octanol–water partition coefficient (Wildman–Crippen LogP) is 14.2. The lowest BCUT2D eigenvalue weighted by atomic mass is 10.0. The summed E-state index contributed by atoms with van der Waals surface area (Å²) < 4.78 is 33.4. The van der Waals surface area contributed by atoms with Crippen LogP contribution in [0.5, 0.6) is 0 Å². The molecular weight excluding hydrogens is 790 g/mol. The van der Waals surface area contributed by atoms with Crippen molar-refractivity contribution in [2.24, 2.45) is 5.73 Å². The molecule has 0 aromatic carbocycles. The molecule has 0 aliphatic heterocycles. The average Bonchev–Trinajstić information content (AvgIpc) is 3.24. The molecule has 0 saturated heterocycles. The molecule has 0 amide bonds. The van der Waals surface area contributed by atoms with Gasteiger partial charge in [-0.2, -0.15) is 0 Å². The number of nitrogens with two attached hydrogens (primary N) is 1. The van der Waals surface area contributed by atoms with Crippen molar-refractivity contribution in [3.8, 4) is 0 Å². The zero-order chi connectivity index (χ0) is 44.8. The van der Waals surface area contributed by atoms with Gasteiger partial charge in [0.15, 0.2) is 0 Å². The number of ether oxygens (including phenoxy) is 2. The highest BCUT2D eigenvalue weighted by Gasteiger charge is 2.27. The summed E-state index contributed by atoms with van der Waals surface area (Å²) in [5.41, 5.74) is 5.37. The number of esters is 1. The van der Waals surface area contributed by atoms with Crippen molar-refractivity contribution < 1.29 is 42.7 Å². The summed E-state index contributed by atoms with van der Waals surface area (Å²) in [4.78, 5) is 33.6. The molecule has 11 heteroatoms. The zero-order valence-corrected chi connectivity index (χ0v) is 39.9. The summed E-state index contributed by atoms with van der Waals surface area (Å²) in [5, 5.41) is 8.92. The number of phosphoric acid groups is 1. The van der Waals surface area contributed by atoms with Crippen LogP contribution >= 0.6 is 7.82 Å². The monoisotopic (exact) mass is 882 g/mol. The number of hydrogen-bond donors (Lipinski definition) is 3. The van der Waals surface area contributed by atoms with E-state index in [4.69, 9.17) is 29.4 Å². The molecule has 0 spiro atoms. The lowest BCUT2D eigenvalue weighted by molar-refractivity contribution is -0.154. The number of aliphatic carboxylic acids is 1. The first-order chi connectivity index (χ1) is 29.7. The minimum Gasteiger partial charge on any atom is -0.480 e. The number of hydrogen-bond acceptors (Lipinski definition) is 8. The van der Waals surface area contributed by atoms with Gasteiger partial charge in [-0.1, -0.05) is 184 Å². The molecule has 3 unspecified atom stereocenters. The fourth-order valence-corrected chi connectivity index (χ4v) is 7.50. The Bertz CT molecular complexity index is 1160. The van der Waals surface area contributed by atoms with Crippen molar-refractivity contribution in [2.45, 2.75) is 231 Å². The first kappa shape index (κ1) is 58.9. The van der Waals surface area contributed by atoms with E-state index in [-0.39, 0.29) is 13.0 Å². The molecule has 0 radical (unpaired) electrons. The summed E-state index contributed by atoms with van der Waals surface area (Å²) in [5.74, 6) is -1.78. The van der Waals surface area contributed by atoms with Crippen molar-refractivity contribution in [3.05, 3.63) is 48.6 Å². The number of carbonyl (C=O) groups is 2. The van der Waals surface area contributed by atoms with Gasteiger partial charge >= 0.3 is 19.8 Å². The first-order valence-corrected chi connectivity index (χ1v) is 26.2. The van der Waals surface area contributed by atoms with E-state index in [1.54, 1.807) is 0 Å². The van der Waals surface area contributed by atoms with Crippen molar-refractivity contribution in [2.75, 3.05) is 26.4 Å². The van der Waals surface area contributed by atoms with Gasteiger partial charge < -0.3 is 25.2 Å². The molecule has 0 aromatic rings. The van der Waals surface area contributed by atoms with Crippen molar-refractivity contribution >= 4 is 19.8 Å². The SMILES string of the molecule is CCCCC/C=C\C/C=C\CCCCCCCCOCC(COP(=O)(O)OCC(N)C(=O)O)OC(=O)CCCCCCCCCCCCC/C=C\C/C=C\CCCCCCC. The summed E-state index contributed by atoms with van der Waals surface area (Å²) in [6.07, 6.45) is 54.5. The molecule has 4 N–H and O–H groups in total. The molecule has 3 atom stereocenters. The molecular formula is C50H92NO9P. The number of carboxylic acid groups (broad SMARTS) is 1. The minimum absolute atomic E-state index is 0.00884. The van der Waals surface area contributed by atoms with Crippen molar-refractivity contribution in [1.82, 2.24) is 0 Å². The van der Waals surface area contributed by atoms with Gasteiger partial charge in [0.1, 0.15) is 12.1 Å². The van der Waals surface area contributed by atoms with E-state index in [0.29, 0.717) is 13.0 Å². The Morgan fingerprint density at radius 1 is 0.525 bits per heavy atom. The van der Waals surface area contributed by atoms with Gasteiger partial charge in [-0.3, -0.25) is 18.6 Å². The van der Waals surface area contributed by atoms with E-state index < -0.39 is 45.1 Å². The second-order valence-electron chi connectivity index (χ2n) is 16.6. The molecule has 0 fully saturated rings. The van der Waals surface area contributed by atoms with Gasteiger partial charge in [-0.05, 0) is 77.0 Å². The Labute approximate surface area is 373 Å². The lowest BCUT2D eigenvalue weighted by Crippen LogP contribution is -2.34. The Morgan fingerprint density at radius 2 is 0.902 bits per heavy atom. The molecule has 356 valence electrons.